The molecule has 0 saturated carbocycles. The van der Waals surface area contributed by atoms with Crippen LogP contribution in [0.1, 0.15) is 13.3 Å². The van der Waals surface area contributed by atoms with Crippen LogP contribution in [0.15, 0.2) is 23.6 Å². The highest BCUT2D eigenvalue weighted by atomic mass is 32.2. The van der Waals surface area contributed by atoms with Gasteiger partial charge in [-0.05, 0) is 12.5 Å². The van der Waals surface area contributed by atoms with Crippen molar-refractivity contribution in [3.8, 4) is 0 Å². The van der Waals surface area contributed by atoms with Gasteiger partial charge < -0.3 is 10.0 Å². The number of amides is 1. The maximum absolute atomic E-state index is 10.8. The van der Waals surface area contributed by atoms with E-state index in [9.17, 15) is 4.79 Å². The van der Waals surface area contributed by atoms with Gasteiger partial charge in [0.1, 0.15) is 0 Å². The van der Waals surface area contributed by atoms with Gasteiger partial charge in [0.2, 0.25) is 0 Å². The van der Waals surface area contributed by atoms with E-state index in [-0.39, 0.29) is 11.3 Å². The van der Waals surface area contributed by atoms with Crippen LogP contribution in [-0.2, 0) is 0 Å². The summed E-state index contributed by atoms with van der Waals surface area (Å²) in [5.41, 5.74) is 0. The standard InChI is InChI=1S/C10H13N3O2S/c1-7(8-3-6-13(8)10(14)15)16-9-11-4-2-5-12-9/h2,4-5,7-8H,3,6H2,1H3,(H,14,15)/t7-,8-/m1/s1. The van der Waals surface area contributed by atoms with Gasteiger partial charge in [-0.2, -0.15) is 0 Å². The van der Waals surface area contributed by atoms with Crippen molar-refractivity contribution in [1.82, 2.24) is 14.9 Å². The second-order valence-electron chi connectivity index (χ2n) is 3.69. The molecule has 5 nitrogen and oxygen atoms in total. The third kappa shape index (κ3) is 2.27. The van der Waals surface area contributed by atoms with Crippen LogP contribution in [0, 0.1) is 0 Å². The van der Waals surface area contributed by atoms with Gasteiger partial charge in [0.25, 0.3) is 0 Å². The smallest absolute Gasteiger partial charge is 0.407 e. The first-order valence-electron chi connectivity index (χ1n) is 5.11. The number of hydrogen-bond acceptors (Lipinski definition) is 4. The van der Waals surface area contributed by atoms with Gasteiger partial charge in [-0.3, -0.25) is 0 Å². The fraction of sp³-hybridized carbons (Fsp3) is 0.500. The number of thioether (sulfide) groups is 1. The molecule has 0 radical (unpaired) electrons. The summed E-state index contributed by atoms with van der Waals surface area (Å²) in [6.07, 6.45) is 3.47. The SMILES string of the molecule is C[C@@H](Sc1ncccn1)[C@H]1CCN1C(=O)O. The Hall–Kier alpha value is -1.30. The Morgan fingerprint density at radius 2 is 2.31 bits per heavy atom. The minimum absolute atomic E-state index is 0.0892. The Kier molecular flexibility index (Phi) is 3.28. The number of aromatic nitrogens is 2. The van der Waals surface area contributed by atoms with E-state index in [4.69, 9.17) is 5.11 Å². The molecule has 2 atom stereocenters. The molecule has 1 fully saturated rings. The molecule has 2 rings (SSSR count). The van der Waals surface area contributed by atoms with Crippen molar-refractivity contribution < 1.29 is 9.90 Å². The first-order chi connectivity index (χ1) is 7.68. The largest absolute Gasteiger partial charge is 0.465 e. The van der Waals surface area contributed by atoms with E-state index in [2.05, 4.69) is 9.97 Å². The molecule has 86 valence electrons. The predicted octanol–water partition coefficient (Wildman–Crippen LogP) is 1.71. The summed E-state index contributed by atoms with van der Waals surface area (Å²) in [4.78, 5) is 20.5. The molecule has 1 amide bonds. The number of hydrogen-bond donors (Lipinski definition) is 1. The fourth-order valence-electron chi connectivity index (χ4n) is 1.72. The summed E-state index contributed by atoms with van der Waals surface area (Å²) in [6.45, 7) is 2.65. The zero-order valence-electron chi connectivity index (χ0n) is 8.91. The van der Waals surface area contributed by atoms with Gasteiger partial charge in [-0.1, -0.05) is 18.7 Å². The Balaban J connectivity index is 1.94. The molecule has 0 spiro atoms. The van der Waals surface area contributed by atoms with Crippen LogP contribution in [0.3, 0.4) is 0 Å². The normalized spacial score (nSPS) is 21.3. The molecule has 1 aromatic heterocycles. The molecule has 0 aromatic carbocycles. The van der Waals surface area contributed by atoms with E-state index in [1.807, 2.05) is 6.92 Å². The molecular weight excluding hydrogens is 226 g/mol. The monoisotopic (exact) mass is 239 g/mol. The highest BCUT2D eigenvalue weighted by molar-refractivity contribution is 7.99. The Labute approximate surface area is 97.9 Å². The number of carboxylic acid groups (broad SMARTS) is 1. The Morgan fingerprint density at radius 1 is 1.62 bits per heavy atom. The van der Waals surface area contributed by atoms with Gasteiger partial charge in [-0.15, -0.1) is 0 Å². The van der Waals surface area contributed by atoms with E-state index in [0.29, 0.717) is 11.7 Å². The Bertz CT molecular complexity index is 374. The Morgan fingerprint density at radius 3 is 2.81 bits per heavy atom. The van der Waals surface area contributed by atoms with Crippen LogP contribution in [0.4, 0.5) is 4.79 Å². The molecule has 6 heteroatoms. The van der Waals surface area contributed by atoms with E-state index in [0.717, 1.165) is 6.42 Å². The van der Waals surface area contributed by atoms with Crippen LogP contribution in [0.2, 0.25) is 0 Å². The van der Waals surface area contributed by atoms with Crippen LogP contribution in [0.5, 0.6) is 0 Å². The lowest BCUT2D eigenvalue weighted by atomic mass is 10.0. The van der Waals surface area contributed by atoms with E-state index >= 15 is 0 Å². The summed E-state index contributed by atoms with van der Waals surface area (Å²) < 4.78 is 0. The van der Waals surface area contributed by atoms with Crippen molar-refractivity contribution in [3.05, 3.63) is 18.5 Å². The van der Waals surface area contributed by atoms with Gasteiger partial charge in [-0.25, -0.2) is 14.8 Å². The van der Waals surface area contributed by atoms with E-state index < -0.39 is 6.09 Å². The van der Waals surface area contributed by atoms with E-state index in [1.165, 1.54) is 16.7 Å². The third-order valence-corrected chi connectivity index (χ3v) is 3.79. The van der Waals surface area contributed by atoms with Crippen LogP contribution in [0.25, 0.3) is 0 Å². The second-order valence-corrected chi connectivity index (χ2v) is 5.03. The molecule has 0 unspecified atom stereocenters. The van der Waals surface area contributed by atoms with Crippen molar-refractivity contribution in [2.24, 2.45) is 0 Å². The van der Waals surface area contributed by atoms with Gasteiger partial charge in [0.05, 0.1) is 0 Å². The molecule has 1 aromatic rings. The topological polar surface area (TPSA) is 66.3 Å². The first-order valence-corrected chi connectivity index (χ1v) is 5.99. The maximum Gasteiger partial charge on any atom is 0.407 e. The number of likely N-dealkylation sites (tertiary alicyclic amines) is 1. The summed E-state index contributed by atoms with van der Waals surface area (Å²) in [5.74, 6) is 0. The van der Waals surface area contributed by atoms with Crippen LogP contribution in [-0.4, -0.2) is 43.9 Å². The lowest BCUT2D eigenvalue weighted by Gasteiger charge is -2.41. The molecule has 0 bridgehead atoms. The van der Waals surface area contributed by atoms with Gasteiger partial charge >= 0.3 is 6.09 Å². The lowest BCUT2D eigenvalue weighted by Crippen LogP contribution is -2.54. The molecule has 1 N–H and O–H groups in total. The highest BCUT2D eigenvalue weighted by Gasteiger charge is 2.36. The molecule has 1 aliphatic heterocycles. The molecule has 0 aliphatic carbocycles. The summed E-state index contributed by atoms with van der Waals surface area (Å²) in [6, 6.07) is 1.85. The zero-order chi connectivity index (χ0) is 11.5. The van der Waals surface area contributed by atoms with Gasteiger partial charge in [0, 0.05) is 30.2 Å². The third-order valence-electron chi connectivity index (χ3n) is 2.69. The molecule has 1 aliphatic rings. The molecule has 16 heavy (non-hydrogen) atoms. The quantitative estimate of drug-likeness (QED) is 0.642. The van der Waals surface area contributed by atoms with Crippen molar-refractivity contribution in [2.45, 2.75) is 29.8 Å². The van der Waals surface area contributed by atoms with Crippen molar-refractivity contribution in [1.29, 1.82) is 0 Å². The summed E-state index contributed by atoms with van der Waals surface area (Å²) in [7, 11) is 0. The average Bonchev–Trinajstić information content (AvgIpc) is 2.16. The van der Waals surface area contributed by atoms with Crippen LogP contribution < -0.4 is 0 Å². The van der Waals surface area contributed by atoms with E-state index in [1.54, 1.807) is 18.5 Å². The average molecular weight is 239 g/mol. The number of rotatable bonds is 3. The first kappa shape index (κ1) is 11.2. The summed E-state index contributed by atoms with van der Waals surface area (Å²) >= 11 is 1.52. The highest BCUT2D eigenvalue weighted by Crippen LogP contribution is 2.30. The molecular formula is C10H13N3O2S. The second kappa shape index (κ2) is 4.69. The predicted molar refractivity (Wildman–Crippen MR) is 60.5 cm³/mol. The minimum atomic E-state index is -0.835. The maximum atomic E-state index is 10.8. The zero-order valence-corrected chi connectivity index (χ0v) is 9.72. The molecule has 2 heterocycles. The fourth-order valence-corrected chi connectivity index (χ4v) is 2.74. The van der Waals surface area contributed by atoms with Crippen molar-refractivity contribution in [3.63, 3.8) is 0 Å². The van der Waals surface area contributed by atoms with Crippen LogP contribution >= 0.6 is 11.8 Å². The van der Waals surface area contributed by atoms with Gasteiger partial charge in [0.15, 0.2) is 5.16 Å². The van der Waals surface area contributed by atoms with Crippen molar-refractivity contribution in [2.75, 3.05) is 6.54 Å². The van der Waals surface area contributed by atoms with Crippen molar-refractivity contribution >= 4 is 17.9 Å². The minimum Gasteiger partial charge on any atom is -0.465 e. The summed E-state index contributed by atoms with van der Waals surface area (Å²) in [5, 5.41) is 9.79. The lowest BCUT2D eigenvalue weighted by molar-refractivity contribution is 0.0762. The molecule has 1 saturated heterocycles. The number of nitrogens with zero attached hydrogens (tertiary/aromatic N) is 3. The number of carbonyl (C=O) groups is 1.